The summed E-state index contributed by atoms with van der Waals surface area (Å²) in [6.07, 6.45) is 1.67. The molecule has 21 heavy (non-hydrogen) atoms. The molecule has 0 aliphatic carbocycles. The number of hydrogen-bond acceptors (Lipinski definition) is 3. The van der Waals surface area contributed by atoms with E-state index in [2.05, 4.69) is 4.99 Å². The van der Waals surface area contributed by atoms with Crippen LogP contribution in [0.4, 0.5) is 4.39 Å². The highest BCUT2D eigenvalue weighted by atomic mass is 19.1. The number of nitrogens with zero attached hydrogens (tertiary/aromatic N) is 1. The Morgan fingerprint density at radius 2 is 1.90 bits per heavy atom. The summed E-state index contributed by atoms with van der Waals surface area (Å²) in [5.41, 5.74) is 2.78. The lowest BCUT2D eigenvalue weighted by Crippen LogP contribution is -2.05. The topological polar surface area (TPSA) is 38.7 Å². The van der Waals surface area contributed by atoms with E-state index < -0.39 is 5.97 Å². The van der Waals surface area contributed by atoms with Crippen molar-refractivity contribution < 1.29 is 13.9 Å². The van der Waals surface area contributed by atoms with Gasteiger partial charge in [0.2, 0.25) is 5.90 Å². The molecular formula is C17H12FNO2. The molecule has 0 aromatic heterocycles. The summed E-state index contributed by atoms with van der Waals surface area (Å²) >= 11 is 0. The van der Waals surface area contributed by atoms with Crippen molar-refractivity contribution in [2.24, 2.45) is 4.99 Å². The van der Waals surface area contributed by atoms with Gasteiger partial charge < -0.3 is 4.74 Å². The summed E-state index contributed by atoms with van der Waals surface area (Å²) in [5.74, 6) is -0.658. The summed E-state index contributed by atoms with van der Waals surface area (Å²) < 4.78 is 18.0. The molecule has 0 N–H and O–H groups in total. The Labute approximate surface area is 121 Å². The van der Waals surface area contributed by atoms with Gasteiger partial charge in [-0.15, -0.1) is 0 Å². The summed E-state index contributed by atoms with van der Waals surface area (Å²) in [6, 6.07) is 13.4. The third-order valence-corrected chi connectivity index (χ3v) is 3.06. The van der Waals surface area contributed by atoms with Gasteiger partial charge in [-0.2, -0.15) is 0 Å². The van der Waals surface area contributed by atoms with E-state index in [0.29, 0.717) is 5.56 Å². The predicted molar refractivity (Wildman–Crippen MR) is 78.2 cm³/mol. The van der Waals surface area contributed by atoms with Crippen molar-refractivity contribution in [2.75, 3.05) is 0 Å². The maximum absolute atomic E-state index is 12.9. The van der Waals surface area contributed by atoms with Gasteiger partial charge in [-0.05, 0) is 42.8 Å². The number of rotatable bonds is 2. The SMILES string of the molecule is Cc1cccc(C=C2N=C(c3ccc(F)cc3)OC2=O)c1. The number of benzene rings is 2. The zero-order chi connectivity index (χ0) is 14.8. The van der Waals surface area contributed by atoms with Crippen LogP contribution in [0.5, 0.6) is 0 Å². The average molecular weight is 281 g/mol. The number of halogens is 1. The molecule has 0 bridgehead atoms. The van der Waals surface area contributed by atoms with Crippen molar-refractivity contribution in [2.45, 2.75) is 6.92 Å². The molecule has 0 saturated heterocycles. The molecule has 0 amide bonds. The number of ether oxygens (including phenoxy) is 1. The molecule has 3 nitrogen and oxygen atoms in total. The summed E-state index contributed by atoms with van der Waals surface area (Å²) in [6.45, 7) is 1.97. The first-order valence-corrected chi connectivity index (χ1v) is 6.47. The first kappa shape index (κ1) is 13.2. The molecule has 1 heterocycles. The molecule has 0 unspecified atom stereocenters. The van der Waals surface area contributed by atoms with Crippen LogP contribution in [0.15, 0.2) is 59.2 Å². The van der Waals surface area contributed by atoms with Crippen molar-refractivity contribution in [1.29, 1.82) is 0 Å². The fourth-order valence-electron chi connectivity index (χ4n) is 2.04. The Morgan fingerprint density at radius 3 is 2.62 bits per heavy atom. The highest BCUT2D eigenvalue weighted by Crippen LogP contribution is 2.19. The predicted octanol–water partition coefficient (Wildman–Crippen LogP) is 3.48. The summed E-state index contributed by atoms with van der Waals surface area (Å²) in [5, 5.41) is 0. The minimum atomic E-state index is -0.504. The van der Waals surface area contributed by atoms with Crippen LogP contribution >= 0.6 is 0 Å². The van der Waals surface area contributed by atoms with E-state index in [0.717, 1.165) is 11.1 Å². The first-order chi connectivity index (χ1) is 10.1. The maximum atomic E-state index is 12.9. The zero-order valence-corrected chi connectivity index (χ0v) is 11.3. The van der Waals surface area contributed by atoms with E-state index in [1.54, 1.807) is 6.08 Å². The number of cyclic esters (lactones) is 1. The molecule has 4 heteroatoms. The number of hydrogen-bond donors (Lipinski definition) is 0. The van der Waals surface area contributed by atoms with Crippen LogP contribution in [0.3, 0.4) is 0 Å². The van der Waals surface area contributed by atoms with Crippen LogP contribution in [0.2, 0.25) is 0 Å². The lowest BCUT2D eigenvalue weighted by molar-refractivity contribution is -0.129. The van der Waals surface area contributed by atoms with Gasteiger partial charge in [0.15, 0.2) is 5.70 Å². The van der Waals surface area contributed by atoms with Crippen LogP contribution in [-0.4, -0.2) is 11.9 Å². The van der Waals surface area contributed by atoms with Crippen molar-refractivity contribution in [1.82, 2.24) is 0 Å². The molecule has 2 aromatic rings. The van der Waals surface area contributed by atoms with Crippen LogP contribution < -0.4 is 0 Å². The molecule has 1 aliphatic heterocycles. The Balaban J connectivity index is 1.93. The highest BCUT2D eigenvalue weighted by molar-refractivity contribution is 6.12. The lowest BCUT2D eigenvalue weighted by Gasteiger charge is -1.98. The van der Waals surface area contributed by atoms with Gasteiger partial charge >= 0.3 is 5.97 Å². The van der Waals surface area contributed by atoms with E-state index in [1.165, 1.54) is 24.3 Å². The molecule has 0 fully saturated rings. The quantitative estimate of drug-likeness (QED) is 0.624. The molecule has 2 aromatic carbocycles. The third kappa shape index (κ3) is 2.89. The normalized spacial score (nSPS) is 16.0. The van der Waals surface area contributed by atoms with Crippen LogP contribution in [0.1, 0.15) is 16.7 Å². The fourth-order valence-corrected chi connectivity index (χ4v) is 2.04. The van der Waals surface area contributed by atoms with E-state index >= 15 is 0 Å². The Morgan fingerprint density at radius 1 is 1.14 bits per heavy atom. The second kappa shape index (κ2) is 5.32. The minimum absolute atomic E-state index is 0.193. The van der Waals surface area contributed by atoms with Gasteiger partial charge in [0.05, 0.1) is 0 Å². The Bertz CT molecular complexity index is 761. The van der Waals surface area contributed by atoms with E-state index in [4.69, 9.17) is 4.74 Å². The second-order valence-electron chi connectivity index (χ2n) is 4.76. The van der Waals surface area contributed by atoms with Gasteiger partial charge in [0, 0.05) is 5.56 Å². The van der Waals surface area contributed by atoms with Crippen LogP contribution in [0.25, 0.3) is 6.08 Å². The first-order valence-electron chi connectivity index (χ1n) is 6.47. The third-order valence-electron chi connectivity index (χ3n) is 3.06. The standard InChI is InChI=1S/C17H12FNO2/c1-11-3-2-4-12(9-11)10-15-17(20)21-16(19-15)13-5-7-14(18)8-6-13/h2-10H,1H3. The van der Waals surface area contributed by atoms with Crippen molar-refractivity contribution in [3.63, 3.8) is 0 Å². The Hall–Kier alpha value is -2.75. The molecule has 1 aliphatic rings. The van der Waals surface area contributed by atoms with E-state index in [9.17, 15) is 9.18 Å². The van der Waals surface area contributed by atoms with Crippen molar-refractivity contribution >= 4 is 17.9 Å². The van der Waals surface area contributed by atoms with Crippen LogP contribution in [-0.2, 0) is 9.53 Å². The molecule has 3 rings (SSSR count). The minimum Gasteiger partial charge on any atom is -0.402 e. The number of esters is 1. The zero-order valence-electron chi connectivity index (χ0n) is 11.3. The summed E-state index contributed by atoms with van der Waals surface area (Å²) in [7, 11) is 0. The number of aryl methyl sites for hydroxylation is 1. The van der Waals surface area contributed by atoms with Crippen molar-refractivity contribution in [3.05, 3.63) is 76.7 Å². The molecule has 104 valence electrons. The average Bonchev–Trinajstić information content (AvgIpc) is 2.81. The van der Waals surface area contributed by atoms with Crippen LogP contribution in [0, 0.1) is 12.7 Å². The van der Waals surface area contributed by atoms with E-state index in [-0.39, 0.29) is 17.4 Å². The number of carbonyl (C=O) groups is 1. The maximum Gasteiger partial charge on any atom is 0.363 e. The monoisotopic (exact) mass is 281 g/mol. The van der Waals surface area contributed by atoms with Gasteiger partial charge in [0.1, 0.15) is 5.82 Å². The highest BCUT2D eigenvalue weighted by Gasteiger charge is 2.24. The molecule has 0 atom stereocenters. The number of carbonyl (C=O) groups excluding carboxylic acids is 1. The lowest BCUT2D eigenvalue weighted by atomic mass is 10.1. The molecule has 0 spiro atoms. The van der Waals surface area contributed by atoms with Crippen molar-refractivity contribution in [3.8, 4) is 0 Å². The fraction of sp³-hybridized carbons (Fsp3) is 0.0588. The molecule has 0 radical (unpaired) electrons. The molecular weight excluding hydrogens is 269 g/mol. The van der Waals surface area contributed by atoms with Gasteiger partial charge in [-0.3, -0.25) is 0 Å². The summed E-state index contributed by atoms with van der Waals surface area (Å²) in [4.78, 5) is 16.0. The van der Waals surface area contributed by atoms with E-state index in [1.807, 2.05) is 31.2 Å². The second-order valence-corrected chi connectivity index (χ2v) is 4.76. The molecule has 0 saturated carbocycles. The Kier molecular flexibility index (Phi) is 3.36. The van der Waals surface area contributed by atoms with Gasteiger partial charge in [0.25, 0.3) is 0 Å². The van der Waals surface area contributed by atoms with Gasteiger partial charge in [-0.1, -0.05) is 29.8 Å². The number of aliphatic imine (C=N–C) groups is 1. The largest absolute Gasteiger partial charge is 0.402 e. The smallest absolute Gasteiger partial charge is 0.363 e. The van der Waals surface area contributed by atoms with Gasteiger partial charge in [-0.25, -0.2) is 14.2 Å².